The summed E-state index contributed by atoms with van der Waals surface area (Å²) in [4.78, 5) is 23.3. The fraction of sp³-hybridized carbons (Fsp3) is 0.455. The molecular weight excluding hydrogens is 524 g/mol. The van der Waals surface area contributed by atoms with Crippen LogP contribution in [0.4, 0.5) is 5.82 Å². The van der Waals surface area contributed by atoms with Gasteiger partial charge in [-0.2, -0.15) is 8.42 Å². The zero-order valence-electron chi connectivity index (χ0n) is 20.2. The first kappa shape index (κ1) is 27.2. The Labute approximate surface area is 216 Å². The van der Waals surface area contributed by atoms with Crippen molar-refractivity contribution in [3.8, 4) is 0 Å². The minimum atomic E-state index is -4.25. The number of benzene rings is 1. The normalized spacial score (nSPS) is 23.8. The van der Waals surface area contributed by atoms with Crippen molar-refractivity contribution < 1.29 is 32.3 Å². The van der Waals surface area contributed by atoms with Crippen LogP contribution in [0.2, 0.25) is 0 Å². The van der Waals surface area contributed by atoms with Crippen LogP contribution in [-0.4, -0.2) is 86.2 Å². The maximum absolute atomic E-state index is 13.1. The van der Waals surface area contributed by atoms with E-state index >= 15 is 0 Å². The van der Waals surface area contributed by atoms with Crippen molar-refractivity contribution in [3.05, 3.63) is 42.5 Å². The van der Waals surface area contributed by atoms with E-state index < -0.39 is 57.6 Å². The van der Waals surface area contributed by atoms with Crippen LogP contribution in [0.5, 0.6) is 0 Å². The number of hydrogen-bond acceptors (Lipinski definition) is 11. The first-order valence-corrected chi connectivity index (χ1v) is 14.7. The molecule has 0 aliphatic carbocycles. The number of aromatic nitrogens is 4. The van der Waals surface area contributed by atoms with Gasteiger partial charge in [0.1, 0.15) is 47.7 Å². The van der Waals surface area contributed by atoms with Crippen LogP contribution in [0.25, 0.3) is 11.2 Å². The van der Waals surface area contributed by atoms with E-state index in [-0.39, 0.29) is 17.1 Å². The van der Waals surface area contributed by atoms with Crippen molar-refractivity contribution in [2.75, 3.05) is 23.5 Å². The lowest BCUT2D eigenvalue weighted by atomic mass is 10.1. The molecule has 3 aromatic rings. The lowest BCUT2D eigenvalue weighted by Crippen LogP contribution is -2.40. The molecule has 15 heteroatoms. The molecule has 0 radical (unpaired) electrons. The van der Waals surface area contributed by atoms with Gasteiger partial charge in [-0.3, -0.25) is 13.5 Å². The molecule has 0 amide bonds. The standard InChI is InChI=1S/C22H28N6O7S2/c1-12-3-5-13(6-4-12)37(32,33)35-18-15(9-36(2)8-7-14(23)22(30)31)34-21(17(18)29)28-11-27-16-19(24)25-10-26-20(16)28/h3-6,10-11,14-15,17-18,21,29H,7-9,23H2,1-2H3,(H2-,24,25,26,30,31)/p+1/t14-,15+,17+,18-,21+,36?/m0/s1. The molecule has 6 N–H and O–H groups in total. The van der Waals surface area contributed by atoms with Gasteiger partial charge in [0.25, 0.3) is 10.1 Å². The number of hydrogen-bond donors (Lipinski definition) is 4. The summed E-state index contributed by atoms with van der Waals surface area (Å²) in [6, 6.07) is 5.15. The highest BCUT2D eigenvalue weighted by Gasteiger charge is 2.50. The molecule has 0 bridgehead atoms. The molecule has 13 nitrogen and oxygen atoms in total. The Balaban J connectivity index is 1.61. The largest absolute Gasteiger partial charge is 0.480 e. The van der Waals surface area contributed by atoms with Crippen LogP contribution in [0, 0.1) is 6.92 Å². The molecule has 1 saturated heterocycles. The third kappa shape index (κ3) is 5.86. The molecule has 2 aromatic heterocycles. The number of aliphatic carboxylic acids is 1. The highest BCUT2D eigenvalue weighted by molar-refractivity contribution is 7.96. The van der Waals surface area contributed by atoms with E-state index in [0.717, 1.165) is 5.56 Å². The van der Waals surface area contributed by atoms with Gasteiger partial charge in [-0.05, 0) is 30.0 Å². The highest BCUT2D eigenvalue weighted by atomic mass is 32.2. The molecule has 1 aliphatic rings. The molecule has 37 heavy (non-hydrogen) atoms. The quantitative estimate of drug-likeness (QED) is 0.190. The third-order valence-electron chi connectivity index (χ3n) is 6.06. The topological polar surface area (TPSA) is 206 Å². The van der Waals surface area contributed by atoms with E-state index in [9.17, 15) is 18.3 Å². The van der Waals surface area contributed by atoms with Crippen molar-refractivity contribution in [2.45, 2.75) is 48.8 Å². The third-order valence-corrected chi connectivity index (χ3v) is 9.22. The summed E-state index contributed by atoms with van der Waals surface area (Å²) in [5.41, 5.74) is 13.0. The van der Waals surface area contributed by atoms with Crippen molar-refractivity contribution >= 4 is 44.0 Å². The minimum absolute atomic E-state index is 0.0518. The van der Waals surface area contributed by atoms with Gasteiger partial charge in [0, 0.05) is 6.42 Å². The fourth-order valence-electron chi connectivity index (χ4n) is 3.98. The molecule has 4 rings (SSSR count). The highest BCUT2D eigenvalue weighted by Crippen LogP contribution is 2.36. The number of aliphatic hydroxyl groups excluding tert-OH is 1. The molecule has 1 aromatic carbocycles. The van der Waals surface area contributed by atoms with Crippen LogP contribution in [0.15, 0.2) is 41.8 Å². The number of aliphatic hydroxyl groups is 1. The average molecular weight is 554 g/mol. The average Bonchev–Trinajstić information content (AvgIpc) is 3.40. The van der Waals surface area contributed by atoms with E-state index in [0.29, 0.717) is 22.7 Å². The number of nitrogens with zero attached hydrogens (tertiary/aromatic N) is 4. The maximum atomic E-state index is 13.1. The number of imidazole rings is 1. The van der Waals surface area contributed by atoms with Gasteiger partial charge in [-0.25, -0.2) is 15.0 Å². The summed E-state index contributed by atoms with van der Waals surface area (Å²) in [5.74, 6) is -0.170. The Morgan fingerprint density at radius 3 is 2.65 bits per heavy atom. The van der Waals surface area contributed by atoms with Gasteiger partial charge in [0.05, 0.1) is 17.5 Å². The Kier molecular flexibility index (Phi) is 8.01. The second kappa shape index (κ2) is 10.9. The predicted molar refractivity (Wildman–Crippen MR) is 136 cm³/mol. The molecule has 200 valence electrons. The molecule has 1 fully saturated rings. The molecular formula is C22H29N6O7S2+. The van der Waals surface area contributed by atoms with Crippen LogP contribution < -0.4 is 11.5 Å². The van der Waals surface area contributed by atoms with Crippen molar-refractivity contribution in [1.82, 2.24) is 19.5 Å². The molecule has 3 heterocycles. The number of fused-ring (bicyclic) bond motifs is 1. The number of ether oxygens (including phenoxy) is 1. The lowest BCUT2D eigenvalue weighted by molar-refractivity contribution is -0.138. The summed E-state index contributed by atoms with van der Waals surface area (Å²) >= 11 is 0. The van der Waals surface area contributed by atoms with Gasteiger partial charge in [0.2, 0.25) is 0 Å². The Hall–Kier alpha value is -2.82. The SMILES string of the molecule is Cc1ccc(S(=O)(=O)O[C@@H]2[C@@H](O)[C@H](n3cnc4c(N)ncnc43)O[C@@H]2C[S+](C)CC[C@H](N)C(=O)O)cc1. The number of rotatable bonds is 10. The van der Waals surface area contributed by atoms with Crippen molar-refractivity contribution in [1.29, 1.82) is 0 Å². The van der Waals surface area contributed by atoms with Gasteiger partial charge in [-0.1, -0.05) is 17.7 Å². The maximum Gasteiger partial charge on any atom is 0.320 e. The number of carboxylic acid groups (broad SMARTS) is 1. The molecule has 1 aliphatic heterocycles. The Morgan fingerprint density at radius 1 is 1.27 bits per heavy atom. The lowest BCUT2D eigenvalue weighted by Gasteiger charge is -2.20. The van der Waals surface area contributed by atoms with Gasteiger partial charge in [-0.15, -0.1) is 0 Å². The Morgan fingerprint density at radius 2 is 1.97 bits per heavy atom. The number of aryl methyl sites for hydroxylation is 1. The summed E-state index contributed by atoms with van der Waals surface area (Å²) in [6.07, 6.45) is 0.196. The Bertz CT molecular complexity index is 1370. The summed E-state index contributed by atoms with van der Waals surface area (Å²) < 4.78 is 39.4. The second-order valence-corrected chi connectivity index (χ2v) is 12.7. The number of carboxylic acids is 1. The zero-order chi connectivity index (χ0) is 26.9. The first-order chi connectivity index (χ1) is 17.5. The van der Waals surface area contributed by atoms with E-state index in [1.54, 1.807) is 12.1 Å². The summed E-state index contributed by atoms with van der Waals surface area (Å²) in [5, 5.41) is 20.3. The summed E-state index contributed by atoms with van der Waals surface area (Å²) in [6.45, 7) is 1.83. The molecule has 0 saturated carbocycles. The summed E-state index contributed by atoms with van der Waals surface area (Å²) in [7, 11) is -4.67. The second-order valence-electron chi connectivity index (χ2n) is 8.85. The molecule has 1 unspecified atom stereocenters. The molecule has 0 spiro atoms. The van der Waals surface area contributed by atoms with Gasteiger partial charge >= 0.3 is 5.97 Å². The molecule has 6 atom stereocenters. The monoisotopic (exact) mass is 553 g/mol. The van der Waals surface area contributed by atoms with E-state index in [2.05, 4.69) is 15.0 Å². The van der Waals surface area contributed by atoms with Crippen LogP contribution in [0.3, 0.4) is 0 Å². The van der Waals surface area contributed by atoms with Gasteiger partial charge in [0.15, 0.2) is 17.7 Å². The van der Waals surface area contributed by atoms with Crippen molar-refractivity contribution in [2.24, 2.45) is 5.73 Å². The van der Waals surface area contributed by atoms with Crippen LogP contribution in [-0.2, 0) is 34.7 Å². The van der Waals surface area contributed by atoms with Gasteiger partial charge < -0.3 is 26.4 Å². The number of nitrogen functional groups attached to an aromatic ring is 1. The number of carbonyl (C=O) groups is 1. The number of nitrogens with two attached hydrogens (primary N) is 2. The predicted octanol–water partition coefficient (Wildman–Crippen LogP) is -0.201. The van der Waals surface area contributed by atoms with E-state index in [1.165, 1.54) is 29.4 Å². The van der Waals surface area contributed by atoms with Crippen LogP contribution >= 0.6 is 0 Å². The van der Waals surface area contributed by atoms with E-state index in [1.807, 2.05) is 13.2 Å². The zero-order valence-corrected chi connectivity index (χ0v) is 21.8. The minimum Gasteiger partial charge on any atom is -0.480 e. The van der Waals surface area contributed by atoms with Crippen molar-refractivity contribution in [3.63, 3.8) is 0 Å². The van der Waals surface area contributed by atoms with Crippen LogP contribution in [0.1, 0.15) is 18.2 Å². The smallest absolute Gasteiger partial charge is 0.320 e. The van der Waals surface area contributed by atoms with E-state index in [4.69, 9.17) is 25.5 Å². The first-order valence-electron chi connectivity index (χ1n) is 11.3. The number of anilines is 1. The fourth-order valence-corrected chi connectivity index (χ4v) is 6.74.